The van der Waals surface area contributed by atoms with Crippen molar-refractivity contribution in [2.45, 2.75) is 12.8 Å². The largest absolute Gasteiger partial charge is 0.478 e. The highest BCUT2D eigenvalue weighted by molar-refractivity contribution is 5.91. The van der Waals surface area contributed by atoms with Crippen LogP contribution in [-0.4, -0.2) is 16.1 Å². The molecule has 0 amide bonds. The van der Waals surface area contributed by atoms with Gasteiger partial charge in [0.25, 0.3) is 0 Å². The number of fused-ring (bicyclic) bond motifs is 1. The first-order valence-corrected chi connectivity index (χ1v) is 6.23. The topological polar surface area (TPSA) is 50.2 Å². The number of nitrogens with zero attached hydrogens (tertiary/aromatic N) is 1. The highest BCUT2D eigenvalue weighted by Gasteiger charge is 2.16. The van der Waals surface area contributed by atoms with Gasteiger partial charge >= 0.3 is 5.97 Å². The van der Waals surface area contributed by atoms with Gasteiger partial charge in [-0.1, -0.05) is 18.2 Å². The van der Waals surface area contributed by atoms with E-state index in [9.17, 15) is 4.79 Å². The van der Waals surface area contributed by atoms with Gasteiger partial charge in [-0.3, -0.25) is 4.98 Å². The van der Waals surface area contributed by atoms with Gasteiger partial charge in [-0.2, -0.15) is 0 Å². The SMILES string of the molecule is O=C(O)c1ccc2c(c1)C(c1cccnc1)=CCC2. The monoisotopic (exact) mass is 251 g/mol. The van der Waals surface area contributed by atoms with Crippen molar-refractivity contribution in [3.05, 3.63) is 71.1 Å². The first-order valence-electron chi connectivity index (χ1n) is 6.23. The van der Waals surface area contributed by atoms with Crippen molar-refractivity contribution in [1.29, 1.82) is 0 Å². The number of rotatable bonds is 2. The van der Waals surface area contributed by atoms with Gasteiger partial charge in [0.2, 0.25) is 0 Å². The summed E-state index contributed by atoms with van der Waals surface area (Å²) in [5.74, 6) is -0.890. The number of benzene rings is 1. The fourth-order valence-electron chi connectivity index (χ4n) is 2.46. The molecule has 0 atom stereocenters. The Morgan fingerprint density at radius 2 is 2.16 bits per heavy atom. The molecule has 3 rings (SSSR count). The minimum atomic E-state index is -0.890. The van der Waals surface area contributed by atoms with Crippen LogP contribution in [0.25, 0.3) is 5.57 Å². The summed E-state index contributed by atoms with van der Waals surface area (Å²) in [5, 5.41) is 9.11. The maximum atomic E-state index is 11.1. The van der Waals surface area contributed by atoms with Crippen LogP contribution >= 0.6 is 0 Å². The van der Waals surface area contributed by atoms with Crippen LogP contribution in [0.1, 0.15) is 33.5 Å². The smallest absolute Gasteiger partial charge is 0.335 e. The van der Waals surface area contributed by atoms with Gasteiger partial charge in [0, 0.05) is 18.0 Å². The minimum absolute atomic E-state index is 0.329. The molecule has 94 valence electrons. The molecule has 0 fully saturated rings. The molecule has 3 heteroatoms. The molecule has 0 saturated carbocycles. The van der Waals surface area contributed by atoms with Crippen LogP contribution in [0.4, 0.5) is 0 Å². The van der Waals surface area contributed by atoms with Crippen LogP contribution < -0.4 is 0 Å². The lowest BCUT2D eigenvalue weighted by atomic mass is 9.86. The summed E-state index contributed by atoms with van der Waals surface area (Å²) in [6.45, 7) is 0. The number of allylic oxidation sites excluding steroid dienone is 1. The lowest BCUT2D eigenvalue weighted by Gasteiger charge is -2.18. The predicted molar refractivity (Wildman–Crippen MR) is 73.0 cm³/mol. The van der Waals surface area contributed by atoms with Crippen LogP contribution in [0.5, 0.6) is 0 Å². The molecule has 0 spiro atoms. The first kappa shape index (κ1) is 11.7. The summed E-state index contributed by atoms with van der Waals surface area (Å²) in [5.41, 5.74) is 4.66. The average molecular weight is 251 g/mol. The van der Waals surface area contributed by atoms with Gasteiger partial charge in [-0.05, 0) is 47.7 Å². The number of aromatic carboxylic acids is 1. The summed E-state index contributed by atoms with van der Waals surface area (Å²) in [4.78, 5) is 15.2. The van der Waals surface area contributed by atoms with E-state index in [4.69, 9.17) is 5.11 Å². The molecule has 1 aliphatic rings. The standard InChI is InChI=1S/C16H13NO2/c18-16(19)12-7-6-11-3-1-5-14(15(11)9-12)13-4-2-8-17-10-13/h2,4-10H,1,3H2,(H,18,19). The molecular weight excluding hydrogens is 238 g/mol. The Hall–Kier alpha value is -2.42. The zero-order chi connectivity index (χ0) is 13.2. The highest BCUT2D eigenvalue weighted by Crippen LogP contribution is 2.31. The van der Waals surface area contributed by atoms with Gasteiger partial charge in [0.1, 0.15) is 0 Å². The first-order chi connectivity index (χ1) is 9.25. The molecule has 1 aliphatic carbocycles. The van der Waals surface area contributed by atoms with Crippen LogP contribution in [0.3, 0.4) is 0 Å². The van der Waals surface area contributed by atoms with E-state index in [0.29, 0.717) is 5.56 Å². The summed E-state index contributed by atoms with van der Waals surface area (Å²) in [6.07, 6.45) is 7.64. The number of hydrogen-bond acceptors (Lipinski definition) is 2. The third kappa shape index (κ3) is 2.15. The van der Waals surface area contributed by atoms with Crippen LogP contribution in [0, 0.1) is 0 Å². The lowest BCUT2D eigenvalue weighted by molar-refractivity contribution is 0.0697. The molecule has 0 aliphatic heterocycles. The molecule has 1 aromatic carbocycles. The second-order valence-electron chi connectivity index (χ2n) is 4.58. The van der Waals surface area contributed by atoms with E-state index >= 15 is 0 Å². The Morgan fingerprint density at radius 3 is 2.89 bits per heavy atom. The number of aryl methyl sites for hydroxylation is 1. The van der Waals surface area contributed by atoms with E-state index in [1.165, 1.54) is 5.56 Å². The Labute approximate surface area is 111 Å². The molecule has 2 aromatic rings. The molecule has 1 aromatic heterocycles. The number of carbonyl (C=O) groups is 1. The van der Waals surface area contributed by atoms with Gasteiger partial charge in [0.15, 0.2) is 0 Å². The second-order valence-corrected chi connectivity index (χ2v) is 4.58. The second kappa shape index (κ2) is 4.69. The van der Waals surface area contributed by atoms with Crippen LogP contribution in [0.15, 0.2) is 48.8 Å². The number of pyridine rings is 1. The van der Waals surface area contributed by atoms with Crippen molar-refractivity contribution in [2.75, 3.05) is 0 Å². The number of aromatic nitrogens is 1. The molecule has 1 heterocycles. The van der Waals surface area contributed by atoms with E-state index in [1.54, 1.807) is 18.3 Å². The zero-order valence-electron chi connectivity index (χ0n) is 10.3. The third-order valence-electron chi connectivity index (χ3n) is 3.38. The highest BCUT2D eigenvalue weighted by atomic mass is 16.4. The van der Waals surface area contributed by atoms with Crippen molar-refractivity contribution < 1.29 is 9.90 Å². The quantitative estimate of drug-likeness (QED) is 0.892. The molecule has 0 saturated heterocycles. The van der Waals surface area contributed by atoms with Crippen molar-refractivity contribution >= 4 is 11.5 Å². The number of carboxylic acid groups (broad SMARTS) is 1. The fraction of sp³-hybridized carbons (Fsp3) is 0.125. The van der Waals surface area contributed by atoms with Crippen molar-refractivity contribution in [3.8, 4) is 0 Å². The summed E-state index contributed by atoms with van der Waals surface area (Å²) < 4.78 is 0. The molecule has 0 radical (unpaired) electrons. The normalized spacial score (nSPS) is 13.6. The zero-order valence-corrected chi connectivity index (χ0v) is 10.3. The Balaban J connectivity index is 2.13. The Bertz CT molecular complexity index is 660. The van der Waals surface area contributed by atoms with Crippen molar-refractivity contribution in [3.63, 3.8) is 0 Å². The predicted octanol–water partition coefficient (Wildman–Crippen LogP) is 3.16. The lowest BCUT2D eigenvalue weighted by Crippen LogP contribution is -2.05. The van der Waals surface area contributed by atoms with Gasteiger partial charge in [0.05, 0.1) is 5.56 Å². The molecular formula is C16H13NO2. The molecule has 19 heavy (non-hydrogen) atoms. The molecule has 0 bridgehead atoms. The maximum absolute atomic E-state index is 11.1. The number of hydrogen-bond donors (Lipinski definition) is 1. The van der Waals surface area contributed by atoms with Crippen LogP contribution in [0.2, 0.25) is 0 Å². The van der Waals surface area contributed by atoms with E-state index in [-0.39, 0.29) is 0 Å². The minimum Gasteiger partial charge on any atom is -0.478 e. The van der Waals surface area contributed by atoms with E-state index in [2.05, 4.69) is 11.1 Å². The molecule has 3 nitrogen and oxygen atoms in total. The maximum Gasteiger partial charge on any atom is 0.335 e. The summed E-state index contributed by atoms with van der Waals surface area (Å²) in [7, 11) is 0. The van der Waals surface area contributed by atoms with Crippen molar-refractivity contribution in [1.82, 2.24) is 4.98 Å². The van der Waals surface area contributed by atoms with Crippen LogP contribution in [-0.2, 0) is 6.42 Å². The summed E-state index contributed by atoms with van der Waals surface area (Å²) in [6, 6.07) is 9.25. The summed E-state index contributed by atoms with van der Waals surface area (Å²) >= 11 is 0. The third-order valence-corrected chi connectivity index (χ3v) is 3.38. The average Bonchev–Trinajstić information content (AvgIpc) is 2.47. The fourth-order valence-corrected chi connectivity index (χ4v) is 2.46. The Morgan fingerprint density at radius 1 is 1.26 bits per heavy atom. The molecule has 0 unspecified atom stereocenters. The van der Waals surface area contributed by atoms with Crippen molar-refractivity contribution in [2.24, 2.45) is 0 Å². The van der Waals surface area contributed by atoms with Gasteiger partial charge < -0.3 is 5.11 Å². The molecule has 1 N–H and O–H groups in total. The number of carboxylic acids is 1. The van der Waals surface area contributed by atoms with Gasteiger partial charge in [-0.15, -0.1) is 0 Å². The van der Waals surface area contributed by atoms with Gasteiger partial charge in [-0.25, -0.2) is 4.79 Å². The van der Waals surface area contributed by atoms with E-state index in [0.717, 1.165) is 29.5 Å². The van der Waals surface area contributed by atoms with E-state index < -0.39 is 5.97 Å². The Kier molecular flexibility index (Phi) is 2.88. The van der Waals surface area contributed by atoms with E-state index in [1.807, 2.05) is 24.4 Å².